The van der Waals surface area contributed by atoms with Crippen LogP contribution in [0, 0.1) is 12.7 Å². The number of pyridine rings is 1. The Kier molecular flexibility index (Phi) is 7.00. The van der Waals surface area contributed by atoms with Crippen LogP contribution in [0.25, 0.3) is 0 Å². The molecule has 32 heavy (non-hydrogen) atoms. The summed E-state index contributed by atoms with van der Waals surface area (Å²) in [6.45, 7) is 9.35. The third-order valence-corrected chi connectivity index (χ3v) is 6.95. The van der Waals surface area contributed by atoms with E-state index in [0.717, 1.165) is 17.7 Å². The van der Waals surface area contributed by atoms with E-state index < -0.39 is 26.4 Å². The third-order valence-electron chi connectivity index (χ3n) is 5.40. The van der Waals surface area contributed by atoms with Crippen LogP contribution in [0.5, 0.6) is 0 Å². The number of aromatic nitrogens is 2. The molecule has 0 unspecified atom stereocenters. The molecule has 2 heterocycles. The minimum atomic E-state index is -4.00. The first-order valence-corrected chi connectivity index (χ1v) is 11.9. The summed E-state index contributed by atoms with van der Waals surface area (Å²) in [5.41, 5.74) is 3.30. The summed E-state index contributed by atoms with van der Waals surface area (Å²) in [5.74, 6) is -1.38. The number of benzene rings is 1. The number of nitrogens with one attached hydrogen (secondary N) is 1. The molecule has 0 atom stereocenters. The maximum absolute atomic E-state index is 14.7. The number of hydrogen-bond acceptors (Lipinski definition) is 7. The fourth-order valence-electron chi connectivity index (χ4n) is 3.10. The number of anilines is 1. The Balaban J connectivity index is 1.78. The molecule has 0 saturated carbocycles. The topological polar surface area (TPSA) is 88.3 Å². The molecule has 172 valence electrons. The Bertz CT molecular complexity index is 1170. The molecular weight excluding hydrogens is 431 g/mol. The van der Waals surface area contributed by atoms with Crippen LogP contribution in [0.1, 0.15) is 43.3 Å². The van der Waals surface area contributed by atoms with Gasteiger partial charge in [0, 0.05) is 30.8 Å². The molecule has 0 radical (unpaired) electrons. The highest BCUT2D eigenvalue weighted by atomic mass is 32.2. The number of halogens is 1. The van der Waals surface area contributed by atoms with Gasteiger partial charge in [-0.05, 0) is 45.9 Å². The molecule has 7 nitrogen and oxygen atoms in total. The molecule has 3 aromatic rings. The van der Waals surface area contributed by atoms with Crippen LogP contribution in [0.3, 0.4) is 0 Å². The molecule has 0 saturated heterocycles. The van der Waals surface area contributed by atoms with Crippen molar-refractivity contribution in [1.29, 1.82) is 0 Å². The number of aryl methyl sites for hydroxylation is 1. The second-order valence-electron chi connectivity index (χ2n) is 8.81. The zero-order valence-electron chi connectivity index (χ0n) is 19.0. The van der Waals surface area contributed by atoms with Crippen molar-refractivity contribution in [3.8, 4) is 0 Å². The summed E-state index contributed by atoms with van der Waals surface area (Å²) in [5, 5.41) is 6.20. The maximum atomic E-state index is 14.7. The number of sulfone groups is 1. The molecule has 0 amide bonds. The fraction of sp³-hybridized carbons (Fsp3) is 0.391. The van der Waals surface area contributed by atoms with Crippen molar-refractivity contribution >= 4 is 15.5 Å². The molecule has 1 N–H and O–H groups in total. The molecule has 3 rings (SSSR count). The maximum Gasteiger partial charge on any atom is 0.204 e. The average Bonchev–Trinajstić information content (AvgIpc) is 3.20. The second-order valence-corrected chi connectivity index (χ2v) is 10.7. The standard InChI is InChI=1S/C23H29FN4O3S/c1-16-21(12-20(24)22(26-16)32(29,30)15-19-10-11-31-27-19)25-13-17-8-6-7-9-18(17)14-28(5)23(2,3)4/h6-12,25H,13-15H2,1-5H3. The third kappa shape index (κ3) is 5.72. The molecule has 0 fully saturated rings. The highest BCUT2D eigenvalue weighted by Crippen LogP contribution is 2.24. The monoisotopic (exact) mass is 460 g/mol. The summed E-state index contributed by atoms with van der Waals surface area (Å²) in [7, 11) is -1.92. The summed E-state index contributed by atoms with van der Waals surface area (Å²) in [6, 6.07) is 10.7. The van der Waals surface area contributed by atoms with E-state index >= 15 is 0 Å². The van der Waals surface area contributed by atoms with Crippen molar-refractivity contribution in [2.24, 2.45) is 0 Å². The van der Waals surface area contributed by atoms with Crippen LogP contribution in [0.4, 0.5) is 10.1 Å². The summed E-state index contributed by atoms with van der Waals surface area (Å²) < 4.78 is 44.5. The quantitative estimate of drug-likeness (QED) is 0.535. The van der Waals surface area contributed by atoms with Crippen molar-refractivity contribution in [2.45, 2.75) is 57.1 Å². The van der Waals surface area contributed by atoms with Gasteiger partial charge in [-0.1, -0.05) is 29.4 Å². The first-order valence-electron chi connectivity index (χ1n) is 10.3. The minimum absolute atomic E-state index is 0.0253. The van der Waals surface area contributed by atoms with Gasteiger partial charge in [0.25, 0.3) is 0 Å². The van der Waals surface area contributed by atoms with Gasteiger partial charge < -0.3 is 9.84 Å². The van der Waals surface area contributed by atoms with Crippen LogP contribution in [-0.2, 0) is 28.7 Å². The van der Waals surface area contributed by atoms with E-state index in [4.69, 9.17) is 0 Å². The molecule has 1 aromatic carbocycles. The molecule has 9 heteroatoms. The molecule has 0 aliphatic heterocycles. The molecule has 0 aliphatic rings. The Hall–Kier alpha value is -2.78. The summed E-state index contributed by atoms with van der Waals surface area (Å²) in [4.78, 5) is 6.30. The van der Waals surface area contributed by atoms with Gasteiger partial charge in [-0.15, -0.1) is 0 Å². The van der Waals surface area contributed by atoms with Crippen molar-refractivity contribution in [2.75, 3.05) is 12.4 Å². The lowest BCUT2D eigenvalue weighted by atomic mass is 10.0. The smallest absolute Gasteiger partial charge is 0.204 e. The molecular formula is C23H29FN4O3S. The largest absolute Gasteiger partial charge is 0.379 e. The van der Waals surface area contributed by atoms with Crippen molar-refractivity contribution in [3.05, 3.63) is 71.0 Å². The lowest BCUT2D eigenvalue weighted by Gasteiger charge is -2.32. The van der Waals surface area contributed by atoms with E-state index in [9.17, 15) is 12.8 Å². The van der Waals surface area contributed by atoms with E-state index in [1.165, 1.54) is 18.4 Å². The highest BCUT2D eigenvalue weighted by Gasteiger charge is 2.25. The molecule has 0 bridgehead atoms. The van der Waals surface area contributed by atoms with Gasteiger partial charge >= 0.3 is 0 Å². The predicted octanol–water partition coefficient (Wildman–Crippen LogP) is 4.33. The zero-order chi connectivity index (χ0) is 23.5. The van der Waals surface area contributed by atoms with Gasteiger partial charge in [0.15, 0.2) is 10.8 Å². The molecule has 2 aromatic heterocycles. The van der Waals surface area contributed by atoms with Crippen molar-refractivity contribution in [1.82, 2.24) is 15.0 Å². The Morgan fingerprint density at radius 2 is 1.84 bits per heavy atom. The first kappa shape index (κ1) is 23.9. The Morgan fingerprint density at radius 1 is 1.16 bits per heavy atom. The van der Waals surface area contributed by atoms with Crippen LogP contribution in [-0.4, -0.2) is 36.0 Å². The van der Waals surface area contributed by atoms with Gasteiger partial charge in [-0.2, -0.15) is 0 Å². The van der Waals surface area contributed by atoms with Crippen LogP contribution in [0.2, 0.25) is 0 Å². The van der Waals surface area contributed by atoms with E-state index in [0.29, 0.717) is 17.9 Å². The minimum Gasteiger partial charge on any atom is -0.379 e. The van der Waals surface area contributed by atoms with E-state index in [2.05, 4.69) is 58.8 Å². The van der Waals surface area contributed by atoms with Gasteiger partial charge in [0.2, 0.25) is 9.84 Å². The first-order chi connectivity index (χ1) is 15.0. The van der Waals surface area contributed by atoms with Crippen molar-refractivity contribution < 1.29 is 17.3 Å². The summed E-state index contributed by atoms with van der Waals surface area (Å²) >= 11 is 0. The molecule has 0 aliphatic carbocycles. The van der Waals surface area contributed by atoms with Crippen molar-refractivity contribution in [3.63, 3.8) is 0 Å². The lowest BCUT2D eigenvalue weighted by Crippen LogP contribution is -2.37. The number of rotatable bonds is 8. The predicted molar refractivity (Wildman–Crippen MR) is 121 cm³/mol. The van der Waals surface area contributed by atoms with E-state index in [1.54, 1.807) is 6.92 Å². The normalized spacial score (nSPS) is 12.3. The van der Waals surface area contributed by atoms with Gasteiger partial charge in [0.05, 0.1) is 17.1 Å². The second kappa shape index (κ2) is 9.38. The number of nitrogens with zero attached hydrogens (tertiary/aromatic N) is 3. The number of hydrogen-bond donors (Lipinski definition) is 1. The van der Waals surface area contributed by atoms with E-state index in [-0.39, 0.29) is 11.2 Å². The fourth-order valence-corrected chi connectivity index (χ4v) is 4.41. The van der Waals surface area contributed by atoms with Crippen LogP contribution < -0.4 is 5.32 Å². The van der Waals surface area contributed by atoms with Crippen LogP contribution in [0.15, 0.2) is 52.2 Å². The van der Waals surface area contributed by atoms with Crippen LogP contribution >= 0.6 is 0 Å². The lowest BCUT2D eigenvalue weighted by molar-refractivity contribution is 0.167. The highest BCUT2D eigenvalue weighted by molar-refractivity contribution is 7.90. The van der Waals surface area contributed by atoms with Gasteiger partial charge in [-0.25, -0.2) is 17.8 Å². The SMILES string of the molecule is Cc1nc(S(=O)(=O)Cc2ccon2)c(F)cc1NCc1ccccc1CN(C)C(C)(C)C. The van der Waals surface area contributed by atoms with Gasteiger partial charge in [0.1, 0.15) is 12.0 Å². The molecule has 0 spiro atoms. The van der Waals surface area contributed by atoms with E-state index in [1.807, 2.05) is 18.2 Å². The summed E-state index contributed by atoms with van der Waals surface area (Å²) in [6.07, 6.45) is 1.27. The average molecular weight is 461 g/mol. The Labute approximate surface area is 188 Å². The zero-order valence-corrected chi connectivity index (χ0v) is 19.8. The van der Waals surface area contributed by atoms with Gasteiger partial charge in [-0.3, -0.25) is 4.90 Å². The Morgan fingerprint density at radius 3 is 2.47 bits per heavy atom.